The number of nitro benzene ring substituents is 1. The Morgan fingerprint density at radius 3 is 2.56 bits per heavy atom. The molecule has 0 aliphatic heterocycles. The van der Waals surface area contributed by atoms with Crippen LogP contribution < -0.4 is 10.1 Å². The zero-order chi connectivity index (χ0) is 17.8. The Labute approximate surface area is 155 Å². The molecule has 0 bridgehead atoms. The summed E-state index contributed by atoms with van der Waals surface area (Å²) in [5.41, 5.74) is 0.473. The second-order valence-corrected chi connectivity index (χ2v) is 6.79. The topological polar surface area (TPSA) is 81.5 Å². The number of hydrogen-bond donors (Lipinski definition) is 1. The molecule has 0 atom stereocenters. The molecular weight excluding hydrogens is 408 g/mol. The first-order valence-electron chi connectivity index (χ1n) is 7.09. The second-order valence-electron chi connectivity index (χ2n) is 4.93. The maximum absolute atomic E-state index is 12.0. The molecule has 0 saturated carbocycles. The van der Waals surface area contributed by atoms with Gasteiger partial charge in [0.25, 0.3) is 5.91 Å². The van der Waals surface area contributed by atoms with E-state index in [4.69, 9.17) is 4.74 Å². The van der Waals surface area contributed by atoms with Gasteiger partial charge in [-0.2, -0.15) is 0 Å². The molecule has 126 valence electrons. The Morgan fingerprint density at radius 2 is 1.92 bits per heavy atom. The molecule has 1 heterocycles. The van der Waals surface area contributed by atoms with Crippen LogP contribution in [-0.2, 0) is 0 Å². The molecule has 8 heteroatoms. The first-order valence-corrected chi connectivity index (χ1v) is 8.77. The van der Waals surface area contributed by atoms with Crippen molar-refractivity contribution in [2.24, 2.45) is 0 Å². The number of ether oxygens (including phenoxy) is 1. The smallest absolute Gasteiger partial charge is 0.312 e. The average molecular weight is 419 g/mol. The van der Waals surface area contributed by atoms with Crippen LogP contribution in [0.2, 0.25) is 0 Å². The van der Waals surface area contributed by atoms with Crippen LogP contribution in [0.3, 0.4) is 0 Å². The number of amides is 1. The third-order valence-corrected chi connectivity index (χ3v) is 4.56. The Bertz CT molecular complexity index is 911. The van der Waals surface area contributed by atoms with Crippen LogP contribution in [-0.4, -0.2) is 10.8 Å². The number of nitrogens with one attached hydrogen (secondary N) is 1. The van der Waals surface area contributed by atoms with E-state index in [1.54, 1.807) is 36.4 Å². The fraction of sp³-hybridized carbons (Fsp3) is 0. The number of benzene rings is 2. The summed E-state index contributed by atoms with van der Waals surface area (Å²) in [4.78, 5) is 23.2. The zero-order valence-corrected chi connectivity index (χ0v) is 15.0. The van der Waals surface area contributed by atoms with Crippen LogP contribution >= 0.6 is 27.3 Å². The predicted molar refractivity (Wildman–Crippen MR) is 99.6 cm³/mol. The first kappa shape index (κ1) is 17.1. The van der Waals surface area contributed by atoms with Gasteiger partial charge in [-0.15, -0.1) is 11.3 Å². The van der Waals surface area contributed by atoms with Crippen molar-refractivity contribution in [3.05, 3.63) is 79.4 Å². The lowest BCUT2D eigenvalue weighted by atomic mass is 10.2. The molecule has 3 rings (SSSR count). The number of rotatable bonds is 5. The van der Waals surface area contributed by atoms with Gasteiger partial charge in [-0.3, -0.25) is 14.9 Å². The molecule has 25 heavy (non-hydrogen) atoms. The van der Waals surface area contributed by atoms with E-state index in [0.29, 0.717) is 20.8 Å². The Hall–Kier alpha value is -2.71. The van der Waals surface area contributed by atoms with Crippen molar-refractivity contribution in [1.82, 2.24) is 0 Å². The van der Waals surface area contributed by atoms with Gasteiger partial charge < -0.3 is 10.1 Å². The average Bonchev–Trinajstić information content (AvgIpc) is 3.13. The van der Waals surface area contributed by atoms with Gasteiger partial charge >= 0.3 is 5.69 Å². The Balaban J connectivity index is 1.73. The summed E-state index contributed by atoms with van der Waals surface area (Å²) in [5, 5.41) is 15.7. The largest absolute Gasteiger partial charge is 0.450 e. The number of thiophene rings is 1. The van der Waals surface area contributed by atoms with Crippen molar-refractivity contribution in [2.45, 2.75) is 0 Å². The van der Waals surface area contributed by atoms with Crippen LogP contribution in [0.25, 0.3) is 0 Å². The SMILES string of the molecule is O=C(Nc1ccc(Oc2ccc(Br)cc2[N+](=O)[O-])cc1)c1cccs1. The van der Waals surface area contributed by atoms with E-state index < -0.39 is 4.92 Å². The summed E-state index contributed by atoms with van der Waals surface area (Å²) in [5.74, 6) is 0.385. The third kappa shape index (κ3) is 4.23. The zero-order valence-electron chi connectivity index (χ0n) is 12.6. The number of hydrogen-bond acceptors (Lipinski definition) is 5. The molecule has 0 fully saturated rings. The van der Waals surface area contributed by atoms with Crippen LogP contribution in [0.4, 0.5) is 11.4 Å². The van der Waals surface area contributed by atoms with E-state index in [9.17, 15) is 14.9 Å². The van der Waals surface area contributed by atoms with E-state index in [1.165, 1.54) is 23.5 Å². The van der Waals surface area contributed by atoms with E-state index in [2.05, 4.69) is 21.2 Å². The van der Waals surface area contributed by atoms with Crippen LogP contribution in [0.5, 0.6) is 11.5 Å². The molecule has 0 aliphatic rings. The minimum absolute atomic E-state index is 0.135. The quantitative estimate of drug-likeness (QED) is 0.440. The molecular formula is C17H11BrN2O4S. The summed E-state index contributed by atoms with van der Waals surface area (Å²) >= 11 is 4.56. The summed E-state index contributed by atoms with van der Waals surface area (Å²) in [6.45, 7) is 0. The van der Waals surface area contributed by atoms with Gasteiger partial charge in [-0.1, -0.05) is 22.0 Å². The number of carbonyl (C=O) groups excluding carboxylic acids is 1. The van der Waals surface area contributed by atoms with Crippen LogP contribution in [0, 0.1) is 10.1 Å². The van der Waals surface area contributed by atoms with Gasteiger partial charge in [0.05, 0.1) is 9.80 Å². The molecule has 3 aromatic rings. The van der Waals surface area contributed by atoms with Gasteiger partial charge in [0, 0.05) is 16.2 Å². The molecule has 1 amide bonds. The lowest BCUT2D eigenvalue weighted by Crippen LogP contribution is -2.09. The molecule has 0 aliphatic carbocycles. The highest BCUT2D eigenvalue weighted by Gasteiger charge is 2.16. The molecule has 6 nitrogen and oxygen atoms in total. The normalized spacial score (nSPS) is 10.3. The van der Waals surface area contributed by atoms with Gasteiger partial charge in [0.2, 0.25) is 5.75 Å². The van der Waals surface area contributed by atoms with Gasteiger partial charge in [-0.05, 0) is 47.8 Å². The molecule has 2 aromatic carbocycles. The Kier molecular flexibility index (Phi) is 5.11. The lowest BCUT2D eigenvalue weighted by molar-refractivity contribution is -0.385. The summed E-state index contributed by atoms with van der Waals surface area (Å²) in [6.07, 6.45) is 0. The van der Waals surface area contributed by atoms with Gasteiger partial charge in [0.15, 0.2) is 0 Å². The monoisotopic (exact) mass is 418 g/mol. The number of anilines is 1. The summed E-state index contributed by atoms with van der Waals surface area (Å²) < 4.78 is 6.18. The van der Waals surface area contributed by atoms with Crippen molar-refractivity contribution in [3.63, 3.8) is 0 Å². The van der Waals surface area contributed by atoms with E-state index in [1.807, 2.05) is 11.4 Å². The van der Waals surface area contributed by atoms with Crippen LogP contribution in [0.15, 0.2) is 64.5 Å². The van der Waals surface area contributed by atoms with Gasteiger partial charge in [-0.25, -0.2) is 0 Å². The maximum atomic E-state index is 12.0. The van der Waals surface area contributed by atoms with Crippen molar-refractivity contribution in [1.29, 1.82) is 0 Å². The number of carbonyl (C=O) groups is 1. The minimum atomic E-state index is -0.504. The fourth-order valence-corrected chi connectivity index (χ4v) is 3.02. The fourth-order valence-electron chi connectivity index (χ4n) is 2.05. The van der Waals surface area contributed by atoms with E-state index in [0.717, 1.165) is 0 Å². The summed E-state index contributed by atoms with van der Waals surface area (Å²) in [6, 6.07) is 14.7. The highest BCUT2D eigenvalue weighted by Crippen LogP contribution is 2.34. The molecule has 1 aromatic heterocycles. The minimum Gasteiger partial charge on any atom is -0.450 e. The number of halogens is 1. The van der Waals surface area contributed by atoms with Crippen LogP contribution in [0.1, 0.15) is 9.67 Å². The molecule has 0 spiro atoms. The molecule has 1 N–H and O–H groups in total. The lowest BCUT2D eigenvalue weighted by Gasteiger charge is -2.08. The molecule has 0 saturated heterocycles. The molecule has 0 radical (unpaired) electrons. The first-order chi connectivity index (χ1) is 12.0. The van der Waals surface area contributed by atoms with Crippen molar-refractivity contribution in [2.75, 3.05) is 5.32 Å². The van der Waals surface area contributed by atoms with Crippen molar-refractivity contribution in [3.8, 4) is 11.5 Å². The number of nitro groups is 1. The second kappa shape index (κ2) is 7.45. The molecule has 0 unspecified atom stereocenters. The maximum Gasteiger partial charge on any atom is 0.312 e. The van der Waals surface area contributed by atoms with Crippen molar-refractivity contribution >= 4 is 44.5 Å². The van der Waals surface area contributed by atoms with Gasteiger partial charge in [0.1, 0.15) is 5.75 Å². The van der Waals surface area contributed by atoms with E-state index in [-0.39, 0.29) is 17.3 Å². The third-order valence-electron chi connectivity index (χ3n) is 3.20. The summed E-state index contributed by atoms with van der Waals surface area (Å²) in [7, 11) is 0. The Morgan fingerprint density at radius 1 is 1.16 bits per heavy atom. The number of nitrogens with zero attached hydrogens (tertiary/aromatic N) is 1. The highest BCUT2D eigenvalue weighted by atomic mass is 79.9. The predicted octanol–water partition coefficient (Wildman–Crippen LogP) is 5.46. The highest BCUT2D eigenvalue weighted by molar-refractivity contribution is 9.10. The standard InChI is InChI=1S/C17H11BrN2O4S/c18-11-3-8-15(14(10-11)20(22)23)24-13-6-4-12(5-7-13)19-17(21)16-2-1-9-25-16/h1-10H,(H,19,21). The van der Waals surface area contributed by atoms with E-state index >= 15 is 0 Å². The van der Waals surface area contributed by atoms with Crippen molar-refractivity contribution < 1.29 is 14.5 Å².